The first kappa shape index (κ1) is 11.5. The van der Waals surface area contributed by atoms with Crippen molar-refractivity contribution < 1.29 is 9.53 Å². The topological polar surface area (TPSA) is 26.3 Å². The first-order valence-corrected chi connectivity index (χ1v) is 4.71. The van der Waals surface area contributed by atoms with Crippen LogP contribution in [0.3, 0.4) is 0 Å². The van der Waals surface area contributed by atoms with E-state index in [0.29, 0.717) is 6.42 Å². The van der Waals surface area contributed by atoms with Crippen molar-refractivity contribution in [3.8, 4) is 0 Å². The van der Waals surface area contributed by atoms with Gasteiger partial charge in [0.15, 0.2) is 0 Å². The van der Waals surface area contributed by atoms with E-state index in [9.17, 15) is 4.79 Å². The summed E-state index contributed by atoms with van der Waals surface area (Å²) in [6.07, 6.45) is 3.71. The third-order valence-electron chi connectivity index (χ3n) is 3.00. The summed E-state index contributed by atoms with van der Waals surface area (Å²) in [5, 5.41) is 0. The van der Waals surface area contributed by atoms with Crippen LogP contribution in [0, 0.1) is 5.41 Å². The molecule has 0 N–H and O–H groups in total. The summed E-state index contributed by atoms with van der Waals surface area (Å²) in [5.41, 5.74) is 0.174. The minimum absolute atomic E-state index is 0.0828. The van der Waals surface area contributed by atoms with E-state index in [2.05, 4.69) is 25.5 Å². The lowest BCUT2D eigenvalue weighted by molar-refractivity contribution is -0.143. The summed E-state index contributed by atoms with van der Waals surface area (Å²) >= 11 is 0. The first-order chi connectivity index (χ1) is 5.64. The summed E-state index contributed by atoms with van der Waals surface area (Å²) in [5.74, 6) is -0.0828. The zero-order chi connectivity index (χ0) is 9.61. The number of ether oxygens (including phenoxy) is 1. The molecular weight excluding hydrogens is 152 g/mol. The van der Waals surface area contributed by atoms with Gasteiger partial charge >= 0.3 is 5.97 Å². The van der Waals surface area contributed by atoms with Gasteiger partial charge in [-0.05, 0) is 24.7 Å². The number of esters is 1. The van der Waals surface area contributed by atoms with Gasteiger partial charge < -0.3 is 4.74 Å². The van der Waals surface area contributed by atoms with Crippen molar-refractivity contribution in [2.24, 2.45) is 5.41 Å². The van der Waals surface area contributed by atoms with Gasteiger partial charge in [0.25, 0.3) is 0 Å². The fraction of sp³-hybridized carbons (Fsp3) is 0.900. The Labute approximate surface area is 75.3 Å². The molecule has 72 valence electrons. The van der Waals surface area contributed by atoms with Crippen molar-refractivity contribution in [2.75, 3.05) is 7.11 Å². The van der Waals surface area contributed by atoms with Gasteiger partial charge in [-0.3, -0.25) is 4.79 Å². The maximum absolute atomic E-state index is 11.1. The Morgan fingerprint density at radius 1 is 1.17 bits per heavy atom. The highest BCUT2D eigenvalue weighted by atomic mass is 16.5. The standard InChI is InChI=1S/C10H20O2/c1-5-10(6-2,7-3)8-9(11)12-4/h5-8H2,1-4H3. The normalized spacial score (nSPS) is 11.3. The van der Waals surface area contributed by atoms with Crippen LogP contribution in [0.1, 0.15) is 46.5 Å². The monoisotopic (exact) mass is 172 g/mol. The van der Waals surface area contributed by atoms with Gasteiger partial charge in [0.1, 0.15) is 0 Å². The molecule has 2 nitrogen and oxygen atoms in total. The number of carbonyl (C=O) groups excluding carboxylic acids is 1. The summed E-state index contributed by atoms with van der Waals surface area (Å²) in [6.45, 7) is 6.40. The van der Waals surface area contributed by atoms with Gasteiger partial charge in [0, 0.05) is 0 Å². The average molecular weight is 172 g/mol. The molecule has 0 saturated heterocycles. The molecule has 0 saturated carbocycles. The van der Waals surface area contributed by atoms with Crippen LogP contribution < -0.4 is 0 Å². The fourth-order valence-corrected chi connectivity index (χ4v) is 1.50. The second-order valence-corrected chi connectivity index (χ2v) is 3.31. The average Bonchev–Trinajstić information content (AvgIpc) is 2.14. The van der Waals surface area contributed by atoms with Crippen LogP contribution in [0.4, 0.5) is 0 Å². The maximum atomic E-state index is 11.1. The van der Waals surface area contributed by atoms with Crippen LogP contribution in [-0.4, -0.2) is 13.1 Å². The predicted octanol–water partition coefficient (Wildman–Crippen LogP) is 2.77. The Kier molecular flexibility index (Phi) is 4.95. The molecule has 0 aromatic carbocycles. The molecule has 12 heavy (non-hydrogen) atoms. The molecule has 0 aliphatic heterocycles. The fourth-order valence-electron chi connectivity index (χ4n) is 1.50. The Hall–Kier alpha value is -0.530. The quantitative estimate of drug-likeness (QED) is 0.596. The lowest BCUT2D eigenvalue weighted by Gasteiger charge is -2.28. The highest BCUT2D eigenvalue weighted by molar-refractivity contribution is 5.70. The number of rotatable bonds is 5. The molecule has 0 aliphatic carbocycles. The van der Waals surface area contributed by atoms with Crippen molar-refractivity contribution >= 4 is 5.97 Å². The summed E-state index contributed by atoms with van der Waals surface area (Å²) < 4.78 is 4.67. The highest BCUT2D eigenvalue weighted by Gasteiger charge is 2.27. The molecule has 0 amide bonds. The minimum Gasteiger partial charge on any atom is -0.469 e. The zero-order valence-corrected chi connectivity index (χ0v) is 8.64. The van der Waals surface area contributed by atoms with Crippen LogP contribution in [0.15, 0.2) is 0 Å². The third kappa shape index (κ3) is 2.84. The zero-order valence-electron chi connectivity index (χ0n) is 8.64. The van der Waals surface area contributed by atoms with Gasteiger partial charge in [-0.1, -0.05) is 20.8 Å². The Balaban J connectivity index is 4.19. The third-order valence-corrected chi connectivity index (χ3v) is 3.00. The molecule has 0 aromatic rings. The van der Waals surface area contributed by atoms with Crippen molar-refractivity contribution in [3.05, 3.63) is 0 Å². The van der Waals surface area contributed by atoms with Crippen LogP contribution in [0.5, 0.6) is 0 Å². The molecule has 0 unspecified atom stereocenters. The van der Waals surface area contributed by atoms with E-state index in [1.807, 2.05) is 0 Å². The summed E-state index contributed by atoms with van der Waals surface area (Å²) in [6, 6.07) is 0. The van der Waals surface area contributed by atoms with Gasteiger partial charge in [-0.25, -0.2) is 0 Å². The molecule has 0 aromatic heterocycles. The van der Waals surface area contributed by atoms with Crippen molar-refractivity contribution in [3.63, 3.8) is 0 Å². The van der Waals surface area contributed by atoms with Crippen molar-refractivity contribution in [1.29, 1.82) is 0 Å². The smallest absolute Gasteiger partial charge is 0.306 e. The van der Waals surface area contributed by atoms with Gasteiger partial charge in [0.2, 0.25) is 0 Å². The minimum atomic E-state index is -0.0828. The molecular formula is C10H20O2. The lowest BCUT2D eigenvalue weighted by atomic mass is 9.77. The first-order valence-electron chi connectivity index (χ1n) is 4.71. The van der Waals surface area contributed by atoms with Crippen LogP contribution in [0.2, 0.25) is 0 Å². The Morgan fingerprint density at radius 3 is 1.83 bits per heavy atom. The molecule has 0 aliphatic rings. The van der Waals surface area contributed by atoms with E-state index in [1.165, 1.54) is 7.11 Å². The lowest BCUT2D eigenvalue weighted by Crippen LogP contribution is -2.22. The second-order valence-electron chi connectivity index (χ2n) is 3.31. The van der Waals surface area contributed by atoms with E-state index < -0.39 is 0 Å². The van der Waals surface area contributed by atoms with Gasteiger partial charge in [0.05, 0.1) is 13.5 Å². The Bertz CT molecular complexity index is 129. The van der Waals surface area contributed by atoms with E-state index in [-0.39, 0.29) is 11.4 Å². The largest absolute Gasteiger partial charge is 0.469 e. The van der Waals surface area contributed by atoms with E-state index in [1.54, 1.807) is 0 Å². The van der Waals surface area contributed by atoms with Crippen LogP contribution in [-0.2, 0) is 9.53 Å². The highest BCUT2D eigenvalue weighted by Crippen LogP contribution is 2.34. The van der Waals surface area contributed by atoms with Crippen LogP contribution >= 0.6 is 0 Å². The van der Waals surface area contributed by atoms with E-state index in [4.69, 9.17) is 0 Å². The maximum Gasteiger partial charge on any atom is 0.306 e. The molecule has 0 spiro atoms. The number of hydrogen-bond acceptors (Lipinski definition) is 2. The number of hydrogen-bond donors (Lipinski definition) is 0. The van der Waals surface area contributed by atoms with Gasteiger partial charge in [-0.15, -0.1) is 0 Å². The molecule has 2 heteroatoms. The van der Waals surface area contributed by atoms with Crippen molar-refractivity contribution in [2.45, 2.75) is 46.5 Å². The van der Waals surface area contributed by atoms with E-state index >= 15 is 0 Å². The van der Waals surface area contributed by atoms with Crippen LogP contribution in [0.25, 0.3) is 0 Å². The molecule has 0 bridgehead atoms. The number of carbonyl (C=O) groups is 1. The Morgan fingerprint density at radius 2 is 1.58 bits per heavy atom. The SMILES string of the molecule is CCC(CC)(CC)CC(=O)OC. The summed E-state index contributed by atoms with van der Waals surface area (Å²) in [7, 11) is 1.45. The number of methoxy groups -OCH3 is 1. The predicted molar refractivity (Wildman–Crippen MR) is 49.9 cm³/mol. The summed E-state index contributed by atoms with van der Waals surface area (Å²) in [4.78, 5) is 11.1. The second kappa shape index (κ2) is 5.18. The van der Waals surface area contributed by atoms with Crippen molar-refractivity contribution in [1.82, 2.24) is 0 Å². The van der Waals surface area contributed by atoms with E-state index in [0.717, 1.165) is 19.3 Å². The molecule has 0 rings (SSSR count). The van der Waals surface area contributed by atoms with Gasteiger partial charge in [-0.2, -0.15) is 0 Å². The molecule has 0 atom stereocenters. The molecule has 0 radical (unpaired) electrons. The molecule has 0 fully saturated rings. The molecule has 0 heterocycles.